The first-order chi connectivity index (χ1) is 12.9. The molecule has 3 rings (SSSR count). The van der Waals surface area contributed by atoms with E-state index < -0.39 is 5.82 Å². The van der Waals surface area contributed by atoms with E-state index in [1.54, 1.807) is 17.2 Å². The summed E-state index contributed by atoms with van der Waals surface area (Å²) < 4.78 is 18.5. The van der Waals surface area contributed by atoms with Crippen molar-refractivity contribution in [3.63, 3.8) is 0 Å². The Bertz CT molecular complexity index is 822. The number of likely N-dealkylation sites (tertiary alicyclic amines) is 1. The van der Waals surface area contributed by atoms with Crippen molar-refractivity contribution >= 4 is 23.3 Å². The molecule has 1 aromatic carbocycles. The zero-order valence-electron chi connectivity index (χ0n) is 14.9. The molecular weight excluding hydrogens is 373 g/mol. The van der Waals surface area contributed by atoms with Crippen LogP contribution in [0, 0.1) is 5.82 Å². The summed E-state index contributed by atoms with van der Waals surface area (Å²) in [7, 11) is 1.97. The number of amides is 1. The minimum absolute atomic E-state index is 0.133. The van der Waals surface area contributed by atoms with Gasteiger partial charge in [-0.15, -0.1) is 0 Å². The summed E-state index contributed by atoms with van der Waals surface area (Å²) in [4.78, 5) is 24.7. The predicted octanol–water partition coefficient (Wildman–Crippen LogP) is 1.96. The lowest BCUT2D eigenvalue weighted by Crippen LogP contribution is -2.38. The molecule has 0 aliphatic carbocycles. The summed E-state index contributed by atoms with van der Waals surface area (Å²) in [5.41, 5.74) is 5.68. The van der Waals surface area contributed by atoms with Crippen LogP contribution in [0.15, 0.2) is 30.5 Å². The van der Waals surface area contributed by atoms with Crippen molar-refractivity contribution in [2.24, 2.45) is 0 Å². The van der Waals surface area contributed by atoms with Crippen LogP contribution in [-0.4, -0.2) is 58.5 Å². The lowest BCUT2D eigenvalue weighted by atomic mass is 10.2. The van der Waals surface area contributed by atoms with E-state index in [0.29, 0.717) is 31.3 Å². The Balaban J connectivity index is 1.50. The van der Waals surface area contributed by atoms with Crippen LogP contribution < -0.4 is 10.5 Å². The zero-order valence-corrected chi connectivity index (χ0v) is 15.7. The van der Waals surface area contributed by atoms with Gasteiger partial charge in [0.15, 0.2) is 6.61 Å². The number of nitrogen functional groups attached to an aromatic ring is 1. The van der Waals surface area contributed by atoms with Gasteiger partial charge in [-0.3, -0.25) is 9.69 Å². The van der Waals surface area contributed by atoms with Crippen LogP contribution in [0.1, 0.15) is 12.2 Å². The molecule has 1 aliphatic heterocycles. The zero-order chi connectivity index (χ0) is 19.4. The summed E-state index contributed by atoms with van der Waals surface area (Å²) in [5.74, 6) is 0.794. The van der Waals surface area contributed by atoms with Crippen molar-refractivity contribution in [3.05, 3.63) is 47.1 Å². The molecule has 0 saturated carbocycles. The highest BCUT2D eigenvalue weighted by molar-refractivity contribution is 6.32. The van der Waals surface area contributed by atoms with Gasteiger partial charge in [0.05, 0.1) is 11.6 Å². The Morgan fingerprint density at radius 3 is 3.04 bits per heavy atom. The Morgan fingerprint density at radius 2 is 2.30 bits per heavy atom. The molecule has 0 bridgehead atoms. The molecule has 7 nitrogen and oxygen atoms in total. The average molecular weight is 394 g/mol. The minimum atomic E-state index is -0.451. The monoisotopic (exact) mass is 393 g/mol. The molecule has 0 spiro atoms. The van der Waals surface area contributed by atoms with E-state index in [4.69, 9.17) is 22.1 Å². The third-order valence-corrected chi connectivity index (χ3v) is 4.80. The fourth-order valence-electron chi connectivity index (χ4n) is 2.99. The van der Waals surface area contributed by atoms with Crippen LogP contribution >= 0.6 is 11.6 Å². The van der Waals surface area contributed by atoms with E-state index in [0.717, 1.165) is 12.5 Å². The molecule has 1 aliphatic rings. The second-order valence-corrected chi connectivity index (χ2v) is 6.87. The summed E-state index contributed by atoms with van der Waals surface area (Å²) in [5, 5.41) is 0.143. The van der Waals surface area contributed by atoms with Gasteiger partial charge in [-0.2, -0.15) is 0 Å². The van der Waals surface area contributed by atoms with Crippen molar-refractivity contribution in [3.8, 4) is 5.75 Å². The maximum absolute atomic E-state index is 13.1. The number of hydrogen-bond acceptors (Lipinski definition) is 6. The molecular formula is C18H21ClFN5O2. The molecule has 2 heterocycles. The van der Waals surface area contributed by atoms with Crippen molar-refractivity contribution in [2.75, 3.05) is 32.5 Å². The van der Waals surface area contributed by atoms with Crippen LogP contribution in [0.3, 0.4) is 0 Å². The second-order valence-electron chi connectivity index (χ2n) is 6.46. The molecule has 2 N–H and O–H groups in total. The Labute approximate surface area is 161 Å². The second kappa shape index (κ2) is 8.49. The number of ether oxygens (including phenoxy) is 1. The highest BCUT2D eigenvalue weighted by atomic mass is 35.5. The summed E-state index contributed by atoms with van der Waals surface area (Å²) >= 11 is 5.91. The highest BCUT2D eigenvalue weighted by Crippen LogP contribution is 2.25. The van der Waals surface area contributed by atoms with Crippen molar-refractivity contribution < 1.29 is 13.9 Å². The Hall–Kier alpha value is -2.45. The van der Waals surface area contributed by atoms with E-state index in [2.05, 4.69) is 14.9 Å². The maximum atomic E-state index is 13.1. The summed E-state index contributed by atoms with van der Waals surface area (Å²) in [6, 6.07) is 5.66. The summed E-state index contributed by atoms with van der Waals surface area (Å²) in [6.07, 6.45) is 2.48. The number of carbonyl (C=O) groups excluding carboxylic acids is 1. The van der Waals surface area contributed by atoms with Gasteiger partial charge in [-0.1, -0.05) is 11.6 Å². The Kier molecular flexibility index (Phi) is 6.08. The van der Waals surface area contributed by atoms with E-state index in [1.807, 2.05) is 7.05 Å². The first-order valence-corrected chi connectivity index (χ1v) is 8.93. The number of anilines is 1. The van der Waals surface area contributed by atoms with E-state index in [9.17, 15) is 9.18 Å². The van der Waals surface area contributed by atoms with E-state index in [1.165, 1.54) is 12.1 Å². The van der Waals surface area contributed by atoms with Crippen molar-refractivity contribution in [1.29, 1.82) is 0 Å². The number of nitrogens with two attached hydrogens (primary N) is 1. The maximum Gasteiger partial charge on any atom is 0.260 e. The van der Waals surface area contributed by atoms with Gasteiger partial charge in [-0.25, -0.2) is 14.4 Å². The minimum Gasteiger partial charge on any atom is -0.482 e. The van der Waals surface area contributed by atoms with Crippen molar-refractivity contribution in [1.82, 2.24) is 19.8 Å². The number of benzene rings is 1. The third-order valence-electron chi connectivity index (χ3n) is 4.50. The first kappa shape index (κ1) is 19.3. The number of rotatable bonds is 6. The smallest absolute Gasteiger partial charge is 0.260 e. The van der Waals surface area contributed by atoms with Gasteiger partial charge in [0, 0.05) is 25.3 Å². The number of carbonyl (C=O) groups is 1. The lowest BCUT2D eigenvalue weighted by molar-refractivity contribution is -0.132. The van der Waals surface area contributed by atoms with Gasteiger partial charge in [0.2, 0.25) is 0 Å². The fraction of sp³-hybridized carbons (Fsp3) is 0.389. The van der Waals surface area contributed by atoms with E-state index >= 15 is 0 Å². The molecule has 144 valence electrons. The Morgan fingerprint density at radius 1 is 1.48 bits per heavy atom. The number of likely N-dealkylation sites (N-methyl/N-ethyl adjacent to an activating group) is 1. The molecule has 9 heteroatoms. The first-order valence-electron chi connectivity index (χ1n) is 8.55. The normalized spacial score (nSPS) is 16.7. The van der Waals surface area contributed by atoms with E-state index in [-0.39, 0.29) is 29.3 Å². The standard InChI is InChI=1S/C18H21ClFN5O2/c1-24(10-17-22-6-4-16(21)23-17)13-5-7-25(9-13)18(26)11-27-15-3-2-12(20)8-14(15)19/h2-4,6,8,13H,5,7,9-11H2,1H3,(H2,21,22,23)/t13-/m1/s1. The largest absolute Gasteiger partial charge is 0.482 e. The molecule has 1 atom stereocenters. The van der Waals surface area contributed by atoms with Crippen LogP contribution in [-0.2, 0) is 11.3 Å². The number of halogens is 2. The molecule has 2 aromatic rings. The SMILES string of the molecule is CN(Cc1nccc(N)n1)[C@@H]1CCN(C(=O)COc2ccc(F)cc2Cl)C1. The van der Waals surface area contributed by atoms with Crippen LogP contribution in [0.5, 0.6) is 5.75 Å². The molecule has 1 fully saturated rings. The fourth-order valence-corrected chi connectivity index (χ4v) is 3.22. The summed E-state index contributed by atoms with van der Waals surface area (Å²) in [6.45, 7) is 1.66. The lowest BCUT2D eigenvalue weighted by Gasteiger charge is -2.24. The predicted molar refractivity (Wildman–Crippen MR) is 99.8 cm³/mol. The van der Waals surface area contributed by atoms with Gasteiger partial charge in [-0.05, 0) is 37.7 Å². The number of aromatic nitrogens is 2. The van der Waals surface area contributed by atoms with Crippen LogP contribution in [0.25, 0.3) is 0 Å². The molecule has 27 heavy (non-hydrogen) atoms. The van der Waals surface area contributed by atoms with Gasteiger partial charge < -0.3 is 15.4 Å². The third kappa shape index (κ3) is 5.05. The molecule has 1 aromatic heterocycles. The van der Waals surface area contributed by atoms with Crippen LogP contribution in [0.2, 0.25) is 5.02 Å². The highest BCUT2D eigenvalue weighted by Gasteiger charge is 2.29. The molecule has 0 radical (unpaired) electrons. The quantitative estimate of drug-likeness (QED) is 0.807. The number of nitrogens with zero attached hydrogens (tertiary/aromatic N) is 4. The van der Waals surface area contributed by atoms with Gasteiger partial charge >= 0.3 is 0 Å². The van der Waals surface area contributed by atoms with Gasteiger partial charge in [0.1, 0.15) is 23.2 Å². The number of hydrogen-bond donors (Lipinski definition) is 1. The topological polar surface area (TPSA) is 84.6 Å². The average Bonchev–Trinajstić information content (AvgIpc) is 3.11. The van der Waals surface area contributed by atoms with Crippen LogP contribution in [0.4, 0.5) is 10.2 Å². The molecule has 1 saturated heterocycles. The molecule has 1 amide bonds. The van der Waals surface area contributed by atoms with Crippen molar-refractivity contribution in [2.45, 2.75) is 19.0 Å². The molecule has 0 unspecified atom stereocenters. The van der Waals surface area contributed by atoms with Gasteiger partial charge in [0.25, 0.3) is 5.91 Å².